The van der Waals surface area contributed by atoms with Gasteiger partial charge in [-0.05, 0) is 42.8 Å². The van der Waals surface area contributed by atoms with Crippen LogP contribution in [0.5, 0.6) is 11.5 Å². The van der Waals surface area contributed by atoms with Crippen molar-refractivity contribution < 1.29 is 23.8 Å². The smallest absolute Gasteiger partial charge is 0.273 e. The Morgan fingerprint density at radius 3 is 2.27 bits per heavy atom. The van der Waals surface area contributed by atoms with Crippen molar-refractivity contribution in [2.45, 2.75) is 32.6 Å². The maximum absolute atomic E-state index is 12.4. The lowest BCUT2D eigenvalue weighted by Gasteiger charge is -2.12. The minimum Gasteiger partial charge on any atom is -0.494 e. The number of carbonyl (C=O) groups excluding carboxylic acids is 2. The number of methoxy groups -OCH3 is 1. The first-order valence-electron chi connectivity index (χ1n) is 10.2. The van der Waals surface area contributed by atoms with Gasteiger partial charge in [0.25, 0.3) is 11.8 Å². The van der Waals surface area contributed by atoms with Crippen LogP contribution >= 0.6 is 0 Å². The molecule has 2 aromatic rings. The van der Waals surface area contributed by atoms with Gasteiger partial charge in [-0.25, -0.2) is 0 Å². The number of hydrogen-bond acceptors (Lipinski definition) is 5. The number of nitrogens with one attached hydrogen (secondary N) is 2. The number of unbranched alkanes of at least 4 members (excludes halogenated alkanes) is 3. The first-order chi connectivity index (χ1) is 14.7. The third kappa shape index (κ3) is 7.75. The molecule has 0 aliphatic carbocycles. The van der Waals surface area contributed by atoms with E-state index in [2.05, 4.69) is 17.8 Å². The minimum absolute atomic E-state index is 0.320. The van der Waals surface area contributed by atoms with E-state index < -0.39 is 11.8 Å². The Morgan fingerprint density at radius 1 is 0.800 bits per heavy atom. The normalized spacial score (nSPS) is 10.3. The molecule has 0 aliphatic heterocycles. The maximum atomic E-state index is 12.4. The molecule has 0 atom stereocenters. The summed E-state index contributed by atoms with van der Waals surface area (Å²) in [5.74, 6) is 0.245. The van der Waals surface area contributed by atoms with Crippen LogP contribution < -0.4 is 20.3 Å². The Bertz CT molecular complexity index is 792. The largest absolute Gasteiger partial charge is 0.494 e. The van der Waals surface area contributed by atoms with Crippen molar-refractivity contribution in [1.29, 1.82) is 0 Å². The molecule has 0 bridgehead atoms. The molecule has 0 aromatic heterocycles. The lowest BCUT2D eigenvalue weighted by Crippen LogP contribution is -2.41. The predicted molar refractivity (Wildman–Crippen MR) is 115 cm³/mol. The lowest BCUT2D eigenvalue weighted by molar-refractivity contribution is 0.0842. The van der Waals surface area contributed by atoms with Crippen molar-refractivity contribution in [2.75, 3.05) is 26.9 Å². The van der Waals surface area contributed by atoms with Crippen LogP contribution in [0.3, 0.4) is 0 Å². The van der Waals surface area contributed by atoms with Crippen LogP contribution in [0.25, 0.3) is 0 Å². The molecular formula is C23H30N2O5. The molecular weight excluding hydrogens is 384 g/mol. The molecule has 162 valence electrons. The summed E-state index contributed by atoms with van der Waals surface area (Å²) < 4.78 is 16.2. The molecule has 2 N–H and O–H groups in total. The Labute approximate surface area is 177 Å². The fourth-order valence-electron chi connectivity index (χ4n) is 2.69. The van der Waals surface area contributed by atoms with Gasteiger partial charge in [-0.2, -0.15) is 0 Å². The molecule has 30 heavy (non-hydrogen) atoms. The monoisotopic (exact) mass is 414 g/mol. The molecule has 0 saturated carbocycles. The Kier molecular flexibility index (Phi) is 10.2. The zero-order chi connectivity index (χ0) is 21.6. The number of benzene rings is 2. The van der Waals surface area contributed by atoms with Gasteiger partial charge in [0, 0.05) is 12.7 Å². The molecule has 7 nitrogen and oxygen atoms in total. The summed E-state index contributed by atoms with van der Waals surface area (Å²) in [6, 6.07) is 13.6. The zero-order valence-corrected chi connectivity index (χ0v) is 17.6. The van der Waals surface area contributed by atoms with Crippen molar-refractivity contribution in [3.63, 3.8) is 0 Å². The summed E-state index contributed by atoms with van der Waals surface area (Å²) >= 11 is 0. The second-order valence-corrected chi connectivity index (χ2v) is 6.68. The highest BCUT2D eigenvalue weighted by molar-refractivity contribution is 6.00. The van der Waals surface area contributed by atoms with Gasteiger partial charge in [0.2, 0.25) is 0 Å². The summed E-state index contributed by atoms with van der Waals surface area (Å²) in [5.41, 5.74) is 5.57. The highest BCUT2D eigenvalue weighted by Crippen LogP contribution is 2.17. The number of ether oxygens (including phenoxy) is 3. The molecule has 2 amide bonds. The molecule has 0 fully saturated rings. The first kappa shape index (κ1) is 23.2. The zero-order valence-electron chi connectivity index (χ0n) is 17.6. The van der Waals surface area contributed by atoms with Crippen molar-refractivity contribution in [2.24, 2.45) is 0 Å². The molecule has 0 aliphatic rings. The highest BCUT2D eigenvalue weighted by Gasteiger charge is 2.13. The molecule has 2 rings (SSSR count). The van der Waals surface area contributed by atoms with Gasteiger partial charge < -0.3 is 14.2 Å². The fraction of sp³-hybridized carbons (Fsp3) is 0.391. The third-order valence-electron chi connectivity index (χ3n) is 4.35. The van der Waals surface area contributed by atoms with E-state index in [1.54, 1.807) is 55.6 Å². The SMILES string of the molecule is CCCCCCOc1ccc(C(=O)NNC(=O)c2ccccc2OCCOC)cc1. The third-order valence-corrected chi connectivity index (χ3v) is 4.35. The van der Waals surface area contributed by atoms with Crippen LogP contribution in [0, 0.1) is 0 Å². The van der Waals surface area contributed by atoms with Crippen LogP contribution in [0.4, 0.5) is 0 Å². The highest BCUT2D eigenvalue weighted by atomic mass is 16.5. The fourth-order valence-corrected chi connectivity index (χ4v) is 2.69. The standard InChI is InChI=1S/C23H30N2O5/c1-3-4-5-8-15-29-19-13-11-18(12-14-19)22(26)24-25-23(27)20-9-6-7-10-21(20)30-17-16-28-2/h6-7,9-14H,3-5,8,15-17H2,1-2H3,(H,24,26)(H,25,27). The van der Waals surface area contributed by atoms with Crippen LogP contribution in [-0.4, -0.2) is 38.7 Å². The van der Waals surface area contributed by atoms with E-state index in [9.17, 15) is 9.59 Å². The molecule has 7 heteroatoms. The van der Waals surface area contributed by atoms with E-state index in [0.29, 0.717) is 42.4 Å². The number of para-hydroxylation sites is 1. The van der Waals surface area contributed by atoms with Gasteiger partial charge >= 0.3 is 0 Å². The van der Waals surface area contributed by atoms with Crippen LogP contribution in [0.15, 0.2) is 48.5 Å². The van der Waals surface area contributed by atoms with E-state index in [4.69, 9.17) is 14.2 Å². The van der Waals surface area contributed by atoms with Crippen molar-refractivity contribution in [1.82, 2.24) is 10.9 Å². The summed E-state index contributed by atoms with van der Waals surface area (Å²) in [5, 5.41) is 0. The Balaban J connectivity index is 1.83. The molecule has 0 heterocycles. The summed E-state index contributed by atoms with van der Waals surface area (Å²) in [7, 11) is 1.57. The minimum atomic E-state index is -0.469. The quantitative estimate of drug-likeness (QED) is 0.408. The van der Waals surface area contributed by atoms with Gasteiger partial charge in [0.05, 0.1) is 18.8 Å². The average molecular weight is 415 g/mol. The van der Waals surface area contributed by atoms with Crippen LogP contribution in [0.2, 0.25) is 0 Å². The molecule has 0 saturated heterocycles. The number of hydrogen-bond donors (Lipinski definition) is 2. The van der Waals surface area contributed by atoms with Crippen molar-refractivity contribution in [3.05, 3.63) is 59.7 Å². The second kappa shape index (κ2) is 13.2. The average Bonchev–Trinajstić information content (AvgIpc) is 2.78. The maximum Gasteiger partial charge on any atom is 0.273 e. The van der Waals surface area contributed by atoms with E-state index in [1.165, 1.54) is 12.8 Å². The topological polar surface area (TPSA) is 85.9 Å². The molecule has 0 radical (unpaired) electrons. The van der Waals surface area contributed by atoms with Crippen LogP contribution in [-0.2, 0) is 4.74 Å². The van der Waals surface area contributed by atoms with Gasteiger partial charge in [0.15, 0.2) is 0 Å². The predicted octanol–water partition coefficient (Wildman–Crippen LogP) is 3.75. The van der Waals surface area contributed by atoms with E-state index in [0.717, 1.165) is 12.8 Å². The summed E-state index contributed by atoms with van der Waals surface area (Å²) in [6.45, 7) is 3.56. The Hall–Kier alpha value is -3.06. The van der Waals surface area contributed by atoms with Gasteiger partial charge in [-0.1, -0.05) is 38.3 Å². The summed E-state index contributed by atoms with van der Waals surface area (Å²) in [4.78, 5) is 24.7. The number of amides is 2. The number of hydrazine groups is 1. The molecule has 2 aromatic carbocycles. The van der Waals surface area contributed by atoms with Crippen LogP contribution in [0.1, 0.15) is 53.3 Å². The van der Waals surface area contributed by atoms with E-state index in [-0.39, 0.29) is 0 Å². The number of carbonyl (C=O) groups is 2. The van der Waals surface area contributed by atoms with Crippen molar-refractivity contribution in [3.8, 4) is 11.5 Å². The van der Waals surface area contributed by atoms with E-state index in [1.807, 2.05) is 0 Å². The molecule has 0 spiro atoms. The van der Waals surface area contributed by atoms with E-state index >= 15 is 0 Å². The Morgan fingerprint density at radius 2 is 1.53 bits per heavy atom. The van der Waals surface area contributed by atoms with Gasteiger partial charge in [-0.15, -0.1) is 0 Å². The van der Waals surface area contributed by atoms with Crippen molar-refractivity contribution >= 4 is 11.8 Å². The van der Waals surface area contributed by atoms with Gasteiger partial charge in [0.1, 0.15) is 18.1 Å². The summed E-state index contributed by atoms with van der Waals surface area (Å²) in [6.07, 6.45) is 4.56. The number of rotatable bonds is 12. The lowest BCUT2D eigenvalue weighted by atomic mass is 10.2. The van der Waals surface area contributed by atoms with Gasteiger partial charge in [-0.3, -0.25) is 20.4 Å². The molecule has 0 unspecified atom stereocenters. The first-order valence-corrected chi connectivity index (χ1v) is 10.2. The second-order valence-electron chi connectivity index (χ2n) is 6.68.